The summed E-state index contributed by atoms with van der Waals surface area (Å²) in [5.74, 6) is 0. The molecule has 0 amide bonds. The molecule has 2 aromatic rings. The second-order valence-corrected chi connectivity index (χ2v) is 3.93. The molecule has 0 saturated heterocycles. The first kappa shape index (κ1) is 8.78. The van der Waals surface area contributed by atoms with Crippen molar-refractivity contribution < 1.29 is 0 Å². The third-order valence-electron chi connectivity index (χ3n) is 1.74. The molecule has 0 aliphatic heterocycles. The summed E-state index contributed by atoms with van der Waals surface area (Å²) in [5, 5.41) is 7.33. The molecule has 2 nitrogen and oxygen atoms in total. The highest BCUT2D eigenvalue weighted by molar-refractivity contribution is 9.10. The van der Waals surface area contributed by atoms with E-state index in [4.69, 9.17) is 11.6 Å². The molecule has 1 heterocycles. The zero-order valence-electron chi connectivity index (χ0n) is 6.59. The topological polar surface area (TPSA) is 28.7 Å². The van der Waals surface area contributed by atoms with Gasteiger partial charge >= 0.3 is 0 Å². The van der Waals surface area contributed by atoms with Crippen LogP contribution in [-0.4, -0.2) is 10.2 Å². The Kier molecular flexibility index (Phi) is 2.38. The van der Waals surface area contributed by atoms with Crippen LogP contribution >= 0.6 is 27.5 Å². The molecular weight excluding hydrogens is 251 g/mol. The van der Waals surface area contributed by atoms with Gasteiger partial charge in [-0.25, -0.2) is 0 Å². The number of nitrogens with one attached hydrogen (secondary N) is 1. The van der Waals surface area contributed by atoms with Crippen molar-refractivity contribution in [3.63, 3.8) is 0 Å². The van der Waals surface area contributed by atoms with E-state index in [1.165, 1.54) is 0 Å². The average molecular weight is 258 g/mol. The quantitative estimate of drug-likeness (QED) is 0.832. The number of benzene rings is 1. The molecule has 1 aromatic carbocycles. The maximum atomic E-state index is 6.05. The molecule has 66 valence electrons. The minimum absolute atomic E-state index is 0.718. The van der Waals surface area contributed by atoms with Crippen LogP contribution in [-0.2, 0) is 0 Å². The number of aromatic nitrogens is 2. The van der Waals surface area contributed by atoms with Crippen LogP contribution in [0.1, 0.15) is 0 Å². The molecular formula is C9H6BrClN2. The highest BCUT2D eigenvalue weighted by Crippen LogP contribution is 2.29. The van der Waals surface area contributed by atoms with Crippen LogP contribution in [0.15, 0.2) is 35.1 Å². The lowest BCUT2D eigenvalue weighted by atomic mass is 10.1. The number of H-pyrrole nitrogens is 1. The highest BCUT2D eigenvalue weighted by Gasteiger charge is 2.03. The third-order valence-corrected chi connectivity index (χ3v) is 2.55. The standard InChI is InChI=1S/C9H6BrClN2/c10-7-1-2-8(9(11)3-7)6-4-12-13-5-6/h1-5H,(H,12,13). The zero-order valence-corrected chi connectivity index (χ0v) is 8.93. The Morgan fingerprint density at radius 3 is 2.85 bits per heavy atom. The lowest BCUT2D eigenvalue weighted by Crippen LogP contribution is -1.76. The number of halogens is 2. The molecule has 0 fully saturated rings. The lowest BCUT2D eigenvalue weighted by Gasteiger charge is -2.00. The van der Waals surface area contributed by atoms with Crippen molar-refractivity contribution in [3.05, 3.63) is 40.1 Å². The maximum Gasteiger partial charge on any atom is 0.0566 e. The first-order valence-corrected chi connectivity index (χ1v) is 4.88. The summed E-state index contributed by atoms with van der Waals surface area (Å²) >= 11 is 9.40. The Labute approximate surface area is 89.1 Å². The van der Waals surface area contributed by atoms with E-state index >= 15 is 0 Å². The van der Waals surface area contributed by atoms with Crippen LogP contribution in [0.5, 0.6) is 0 Å². The van der Waals surface area contributed by atoms with Crippen molar-refractivity contribution in [2.24, 2.45) is 0 Å². The first-order valence-electron chi connectivity index (χ1n) is 3.71. The predicted octanol–water partition coefficient (Wildman–Crippen LogP) is 3.49. The predicted molar refractivity (Wildman–Crippen MR) is 56.7 cm³/mol. The highest BCUT2D eigenvalue weighted by atomic mass is 79.9. The van der Waals surface area contributed by atoms with Gasteiger partial charge in [0.25, 0.3) is 0 Å². The molecule has 13 heavy (non-hydrogen) atoms. The molecule has 0 spiro atoms. The summed E-state index contributed by atoms with van der Waals surface area (Å²) < 4.78 is 0.977. The van der Waals surface area contributed by atoms with Crippen LogP contribution in [0.25, 0.3) is 11.1 Å². The second kappa shape index (κ2) is 3.52. The van der Waals surface area contributed by atoms with Crippen LogP contribution in [0.4, 0.5) is 0 Å². The lowest BCUT2D eigenvalue weighted by molar-refractivity contribution is 1.09. The summed E-state index contributed by atoms with van der Waals surface area (Å²) in [6.45, 7) is 0. The molecule has 0 atom stereocenters. The molecule has 0 bridgehead atoms. The van der Waals surface area contributed by atoms with E-state index in [0.717, 1.165) is 20.6 Å². The van der Waals surface area contributed by atoms with Crippen molar-refractivity contribution in [2.45, 2.75) is 0 Å². The SMILES string of the molecule is Clc1cc(Br)ccc1-c1cn[nH]c1. The smallest absolute Gasteiger partial charge is 0.0566 e. The molecule has 0 aliphatic carbocycles. The normalized spacial score (nSPS) is 10.3. The van der Waals surface area contributed by atoms with Crippen molar-refractivity contribution in [1.82, 2.24) is 10.2 Å². The Bertz CT molecular complexity index is 412. The fourth-order valence-electron chi connectivity index (χ4n) is 1.12. The van der Waals surface area contributed by atoms with Gasteiger partial charge in [0.15, 0.2) is 0 Å². The van der Waals surface area contributed by atoms with E-state index in [9.17, 15) is 0 Å². The number of hydrogen-bond acceptors (Lipinski definition) is 1. The van der Waals surface area contributed by atoms with Gasteiger partial charge in [0.2, 0.25) is 0 Å². The van der Waals surface area contributed by atoms with Crippen LogP contribution in [0.2, 0.25) is 5.02 Å². The summed E-state index contributed by atoms with van der Waals surface area (Å²) in [6, 6.07) is 5.77. The number of nitrogens with zero attached hydrogens (tertiary/aromatic N) is 1. The number of hydrogen-bond donors (Lipinski definition) is 1. The van der Waals surface area contributed by atoms with Crippen LogP contribution < -0.4 is 0 Å². The second-order valence-electron chi connectivity index (χ2n) is 2.61. The van der Waals surface area contributed by atoms with Crippen molar-refractivity contribution in [3.8, 4) is 11.1 Å². The molecule has 0 saturated carbocycles. The summed E-state index contributed by atoms with van der Waals surface area (Å²) in [6.07, 6.45) is 3.56. The summed E-state index contributed by atoms with van der Waals surface area (Å²) in [7, 11) is 0. The van der Waals surface area contributed by atoms with E-state index in [1.54, 1.807) is 6.20 Å². The Morgan fingerprint density at radius 1 is 1.38 bits per heavy atom. The van der Waals surface area contributed by atoms with Gasteiger partial charge in [0, 0.05) is 26.8 Å². The van der Waals surface area contributed by atoms with Gasteiger partial charge in [-0.2, -0.15) is 5.10 Å². The van der Waals surface area contributed by atoms with Gasteiger partial charge in [-0.3, -0.25) is 5.10 Å². The van der Waals surface area contributed by atoms with Crippen molar-refractivity contribution >= 4 is 27.5 Å². The molecule has 0 aliphatic rings. The van der Waals surface area contributed by atoms with Crippen LogP contribution in [0.3, 0.4) is 0 Å². The van der Waals surface area contributed by atoms with Gasteiger partial charge < -0.3 is 0 Å². The molecule has 1 aromatic heterocycles. The van der Waals surface area contributed by atoms with E-state index in [0.29, 0.717) is 0 Å². The fourth-order valence-corrected chi connectivity index (χ4v) is 1.90. The van der Waals surface area contributed by atoms with E-state index < -0.39 is 0 Å². The van der Waals surface area contributed by atoms with E-state index in [1.807, 2.05) is 24.4 Å². The van der Waals surface area contributed by atoms with Gasteiger partial charge in [0.1, 0.15) is 0 Å². The molecule has 1 N–H and O–H groups in total. The Balaban J connectivity index is 2.53. The number of aromatic amines is 1. The maximum absolute atomic E-state index is 6.05. The van der Waals surface area contributed by atoms with Crippen molar-refractivity contribution in [1.29, 1.82) is 0 Å². The van der Waals surface area contributed by atoms with E-state index in [2.05, 4.69) is 26.1 Å². The van der Waals surface area contributed by atoms with Gasteiger partial charge in [-0.1, -0.05) is 33.6 Å². The minimum atomic E-state index is 0.718. The zero-order chi connectivity index (χ0) is 9.26. The largest absolute Gasteiger partial charge is 0.285 e. The third kappa shape index (κ3) is 1.76. The van der Waals surface area contributed by atoms with Gasteiger partial charge in [-0.15, -0.1) is 0 Å². The molecule has 2 rings (SSSR count). The van der Waals surface area contributed by atoms with E-state index in [-0.39, 0.29) is 0 Å². The van der Waals surface area contributed by atoms with Crippen LogP contribution in [0, 0.1) is 0 Å². The molecule has 4 heteroatoms. The molecule has 0 radical (unpaired) electrons. The molecule has 0 unspecified atom stereocenters. The Hall–Kier alpha value is -0.800. The average Bonchev–Trinajstić information content (AvgIpc) is 2.56. The minimum Gasteiger partial charge on any atom is -0.285 e. The fraction of sp³-hybridized carbons (Fsp3) is 0. The number of rotatable bonds is 1. The Morgan fingerprint density at radius 2 is 2.23 bits per heavy atom. The van der Waals surface area contributed by atoms with Gasteiger partial charge in [0.05, 0.1) is 6.20 Å². The van der Waals surface area contributed by atoms with Gasteiger partial charge in [-0.05, 0) is 12.1 Å². The monoisotopic (exact) mass is 256 g/mol. The summed E-state index contributed by atoms with van der Waals surface area (Å²) in [5.41, 5.74) is 1.98. The van der Waals surface area contributed by atoms with Crippen molar-refractivity contribution in [2.75, 3.05) is 0 Å². The first-order chi connectivity index (χ1) is 6.27. The summed E-state index contributed by atoms with van der Waals surface area (Å²) in [4.78, 5) is 0.